The van der Waals surface area contributed by atoms with Crippen LogP contribution in [0.25, 0.3) is 5.82 Å². The van der Waals surface area contributed by atoms with Crippen molar-refractivity contribution in [3.8, 4) is 5.82 Å². The number of pyridine rings is 1. The molecule has 4 heteroatoms. The second kappa shape index (κ2) is 3.74. The highest BCUT2D eigenvalue weighted by molar-refractivity contribution is 5.78. The minimum Gasteiger partial charge on any atom is -0.411 e. The van der Waals surface area contributed by atoms with E-state index >= 15 is 0 Å². The molecule has 4 nitrogen and oxygen atoms in total. The third-order valence-electron chi connectivity index (χ3n) is 1.79. The zero-order chi connectivity index (χ0) is 9.80. The summed E-state index contributed by atoms with van der Waals surface area (Å²) in [6, 6.07) is 8.32. The maximum atomic E-state index is 8.34. The molecule has 14 heavy (non-hydrogen) atoms. The summed E-state index contributed by atoms with van der Waals surface area (Å²) < 4.78 is 1.84. The van der Waals surface area contributed by atoms with Crippen LogP contribution < -0.4 is 0 Å². The Bertz CT molecular complexity index is 434. The summed E-state index contributed by atoms with van der Waals surface area (Å²) in [5, 5.41) is 11.3. The van der Waals surface area contributed by atoms with E-state index in [-0.39, 0.29) is 0 Å². The van der Waals surface area contributed by atoms with Gasteiger partial charge >= 0.3 is 0 Å². The second-order valence-electron chi connectivity index (χ2n) is 2.71. The summed E-state index contributed by atoms with van der Waals surface area (Å²) in [6.45, 7) is 0. The van der Waals surface area contributed by atoms with Gasteiger partial charge in [-0.1, -0.05) is 5.16 Å². The molecule has 0 saturated carbocycles. The third kappa shape index (κ3) is 1.64. The minimum atomic E-state index is 0.807. The van der Waals surface area contributed by atoms with Crippen molar-refractivity contribution in [3.05, 3.63) is 48.4 Å². The van der Waals surface area contributed by atoms with Crippen LogP contribution in [0.5, 0.6) is 0 Å². The Morgan fingerprint density at radius 1 is 1.50 bits per heavy atom. The fourth-order valence-electron chi connectivity index (χ4n) is 1.16. The van der Waals surface area contributed by atoms with Gasteiger partial charge in [-0.2, -0.15) is 0 Å². The lowest BCUT2D eigenvalue weighted by Gasteiger charge is -1.98. The number of aromatic nitrogens is 2. The molecule has 2 aromatic heterocycles. The van der Waals surface area contributed by atoms with Crippen LogP contribution >= 0.6 is 0 Å². The zero-order valence-corrected chi connectivity index (χ0v) is 7.33. The molecule has 2 heterocycles. The van der Waals surface area contributed by atoms with Crippen LogP contribution in [-0.2, 0) is 0 Å². The van der Waals surface area contributed by atoms with Gasteiger partial charge in [0, 0.05) is 30.2 Å². The molecular formula is C10H8N3O. The molecular weight excluding hydrogens is 178 g/mol. The van der Waals surface area contributed by atoms with Gasteiger partial charge in [0.25, 0.3) is 0 Å². The number of oxime groups is 1. The van der Waals surface area contributed by atoms with E-state index in [0.717, 1.165) is 11.4 Å². The first-order valence-electron chi connectivity index (χ1n) is 4.08. The summed E-state index contributed by atoms with van der Waals surface area (Å²) in [5.74, 6) is 0.807. The lowest BCUT2D eigenvalue weighted by molar-refractivity contribution is 0.322. The fraction of sp³-hybridized carbons (Fsp3) is 0. The van der Waals surface area contributed by atoms with Gasteiger partial charge < -0.3 is 9.77 Å². The van der Waals surface area contributed by atoms with Gasteiger partial charge in [-0.15, -0.1) is 0 Å². The van der Waals surface area contributed by atoms with Gasteiger partial charge in [0.2, 0.25) is 0 Å². The van der Waals surface area contributed by atoms with Crippen LogP contribution in [0.3, 0.4) is 0 Å². The Kier molecular flexibility index (Phi) is 2.27. The molecule has 0 fully saturated rings. The van der Waals surface area contributed by atoms with Crippen LogP contribution in [0, 0.1) is 6.07 Å². The van der Waals surface area contributed by atoms with Crippen molar-refractivity contribution in [2.45, 2.75) is 0 Å². The van der Waals surface area contributed by atoms with Crippen LogP contribution in [0.15, 0.2) is 41.9 Å². The summed E-state index contributed by atoms with van der Waals surface area (Å²) in [7, 11) is 0. The van der Waals surface area contributed by atoms with Gasteiger partial charge in [0.15, 0.2) is 0 Å². The maximum Gasteiger partial charge on any atom is 0.136 e. The van der Waals surface area contributed by atoms with Crippen LogP contribution in [0.1, 0.15) is 5.56 Å². The van der Waals surface area contributed by atoms with Gasteiger partial charge in [0.05, 0.1) is 6.21 Å². The lowest BCUT2D eigenvalue weighted by atomic mass is 10.4. The average molecular weight is 186 g/mol. The Hall–Kier alpha value is -2.10. The van der Waals surface area contributed by atoms with Gasteiger partial charge in [-0.05, 0) is 18.2 Å². The van der Waals surface area contributed by atoms with Crippen molar-refractivity contribution in [1.29, 1.82) is 0 Å². The van der Waals surface area contributed by atoms with Crippen molar-refractivity contribution in [3.63, 3.8) is 0 Å². The first-order valence-corrected chi connectivity index (χ1v) is 4.08. The second-order valence-corrected chi connectivity index (χ2v) is 2.71. The molecule has 69 valence electrons. The lowest BCUT2D eigenvalue weighted by Crippen LogP contribution is -1.92. The average Bonchev–Trinajstić information content (AvgIpc) is 2.68. The van der Waals surface area contributed by atoms with Crippen LogP contribution in [0.2, 0.25) is 0 Å². The third-order valence-corrected chi connectivity index (χ3v) is 1.79. The highest BCUT2D eigenvalue weighted by Gasteiger charge is 1.97. The van der Waals surface area contributed by atoms with Crippen molar-refractivity contribution >= 4 is 6.21 Å². The quantitative estimate of drug-likeness (QED) is 0.438. The Morgan fingerprint density at radius 3 is 3.14 bits per heavy atom. The predicted molar refractivity (Wildman–Crippen MR) is 51.8 cm³/mol. The van der Waals surface area contributed by atoms with Crippen molar-refractivity contribution in [1.82, 2.24) is 9.55 Å². The monoisotopic (exact) mass is 186 g/mol. The predicted octanol–water partition coefficient (Wildman–Crippen LogP) is 1.48. The normalized spacial score (nSPS) is 10.9. The summed E-state index contributed by atoms with van der Waals surface area (Å²) in [6.07, 6.45) is 6.64. The Labute approximate surface area is 81.1 Å². The van der Waals surface area contributed by atoms with E-state index in [0.29, 0.717) is 0 Å². The largest absolute Gasteiger partial charge is 0.411 e. The Balaban J connectivity index is 2.34. The van der Waals surface area contributed by atoms with E-state index in [1.165, 1.54) is 6.21 Å². The zero-order valence-electron chi connectivity index (χ0n) is 7.33. The number of hydrogen-bond donors (Lipinski definition) is 1. The number of hydrogen-bond acceptors (Lipinski definition) is 3. The molecule has 0 aliphatic rings. The Morgan fingerprint density at radius 2 is 2.43 bits per heavy atom. The van der Waals surface area contributed by atoms with Crippen molar-refractivity contribution in [2.75, 3.05) is 0 Å². The van der Waals surface area contributed by atoms with Crippen molar-refractivity contribution < 1.29 is 5.21 Å². The van der Waals surface area contributed by atoms with E-state index < -0.39 is 0 Å². The molecule has 0 amide bonds. The van der Waals surface area contributed by atoms with E-state index in [1.54, 1.807) is 12.3 Å². The van der Waals surface area contributed by atoms with Crippen LogP contribution in [0.4, 0.5) is 0 Å². The first kappa shape index (κ1) is 8.50. The molecule has 0 aliphatic heterocycles. The molecule has 0 bridgehead atoms. The van der Waals surface area contributed by atoms with E-state index in [2.05, 4.69) is 16.2 Å². The van der Waals surface area contributed by atoms with E-state index in [9.17, 15) is 0 Å². The minimum absolute atomic E-state index is 0.807. The topological polar surface area (TPSA) is 50.4 Å². The maximum absolute atomic E-state index is 8.34. The van der Waals surface area contributed by atoms with E-state index in [4.69, 9.17) is 5.21 Å². The van der Waals surface area contributed by atoms with Gasteiger partial charge in [-0.25, -0.2) is 4.98 Å². The van der Waals surface area contributed by atoms with Gasteiger partial charge in [-0.3, -0.25) is 0 Å². The SMILES string of the molecule is ON=Cc1ccn(-c2cc[c]cn2)c1. The molecule has 1 radical (unpaired) electrons. The molecule has 0 aliphatic carbocycles. The number of rotatable bonds is 2. The molecule has 2 aromatic rings. The summed E-state index contributed by atoms with van der Waals surface area (Å²) >= 11 is 0. The molecule has 1 N–H and O–H groups in total. The standard InChI is InChI=1S/C10H8N3O/c14-12-7-9-4-6-13(8-9)10-3-1-2-5-11-10/h1,3-8,14H. The van der Waals surface area contributed by atoms with Gasteiger partial charge in [0.1, 0.15) is 5.82 Å². The highest BCUT2D eigenvalue weighted by atomic mass is 16.4. The van der Waals surface area contributed by atoms with Crippen molar-refractivity contribution in [2.24, 2.45) is 5.16 Å². The molecule has 0 unspecified atom stereocenters. The summed E-state index contributed by atoms with van der Waals surface area (Å²) in [5.41, 5.74) is 0.821. The van der Waals surface area contributed by atoms with Crippen LogP contribution in [-0.4, -0.2) is 21.0 Å². The fourth-order valence-corrected chi connectivity index (χ4v) is 1.16. The number of nitrogens with zero attached hydrogens (tertiary/aromatic N) is 3. The first-order chi connectivity index (χ1) is 6.90. The molecule has 0 aromatic carbocycles. The smallest absolute Gasteiger partial charge is 0.136 e. The summed E-state index contributed by atoms with van der Waals surface area (Å²) in [4.78, 5) is 4.12. The molecule has 2 rings (SSSR count). The molecule has 0 saturated heterocycles. The molecule has 0 atom stereocenters. The van der Waals surface area contributed by atoms with E-state index in [1.807, 2.05) is 29.1 Å². The molecule has 0 spiro atoms. The highest BCUT2D eigenvalue weighted by Crippen LogP contribution is 2.05.